The first-order chi connectivity index (χ1) is 20.5. The van der Waals surface area contributed by atoms with Crippen LogP contribution in [0.4, 0.5) is 10.5 Å². The Labute approximate surface area is 267 Å². The van der Waals surface area contributed by atoms with E-state index >= 15 is 0 Å². The third kappa shape index (κ3) is 10.1. The first-order valence-electron chi connectivity index (χ1n) is 13.5. The Morgan fingerprint density at radius 2 is 1.65 bits per heavy atom. The Balaban J connectivity index is 0.000000304. The maximum absolute atomic E-state index is 12.3. The van der Waals surface area contributed by atoms with Gasteiger partial charge in [0.1, 0.15) is 25.6 Å². The van der Waals surface area contributed by atoms with Crippen LogP contribution in [0.15, 0.2) is 49.1 Å². The quantitative estimate of drug-likeness (QED) is 0.219. The molecule has 0 fully saturated rings. The van der Waals surface area contributed by atoms with Crippen molar-refractivity contribution in [2.24, 2.45) is 0 Å². The zero-order valence-electron chi connectivity index (χ0n) is 25.1. The Kier molecular flexibility index (Phi) is 14.8. The van der Waals surface area contributed by atoms with Crippen molar-refractivity contribution in [2.45, 2.75) is 40.2 Å². The number of aryl methyl sites for hydroxylation is 2. The van der Waals surface area contributed by atoms with Crippen molar-refractivity contribution < 1.29 is 28.6 Å². The van der Waals surface area contributed by atoms with Gasteiger partial charge >= 0.3 is 12.0 Å². The number of halogens is 3. The minimum absolute atomic E-state index is 0.0882. The number of aromatic nitrogens is 2. The van der Waals surface area contributed by atoms with Gasteiger partial charge < -0.3 is 19.1 Å². The van der Waals surface area contributed by atoms with Crippen LogP contribution < -0.4 is 9.64 Å². The van der Waals surface area contributed by atoms with E-state index in [0.29, 0.717) is 33.9 Å². The van der Waals surface area contributed by atoms with Crippen molar-refractivity contribution in [1.82, 2.24) is 14.5 Å². The average molecular weight is 656 g/mol. The number of benzene rings is 2. The molecular weight excluding hydrogens is 619 g/mol. The number of imidazole rings is 1. The molecule has 2 amide bonds. The van der Waals surface area contributed by atoms with Crippen molar-refractivity contribution in [1.29, 1.82) is 0 Å². The molecule has 1 aromatic heterocycles. The fraction of sp³-hybridized carbons (Fsp3) is 0.400. The van der Waals surface area contributed by atoms with Crippen molar-refractivity contribution in [3.05, 3.63) is 75.2 Å². The second kappa shape index (κ2) is 17.7. The monoisotopic (exact) mass is 654 g/mol. The molecule has 0 bridgehead atoms. The zero-order chi connectivity index (χ0) is 32.1. The molecule has 3 aromatic rings. The van der Waals surface area contributed by atoms with Crippen LogP contribution in [0.5, 0.6) is 5.75 Å². The molecule has 0 N–H and O–H groups in total. The predicted octanol–water partition coefficient (Wildman–Crippen LogP) is 6.45. The van der Waals surface area contributed by atoms with Crippen LogP contribution in [0.25, 0.3) is 0 Å². The van der Waals surface area contributed by atoms with Gasteiger partial charge in [-0.25, -0.2) is 14.6 Å². The lowest BCUT2D eigenvalue weighted by Gasteiger charge is -2.30. The molecule has 43 heavy (non-hydrogen) atoms. The van der Waals surface area contributed by atoms with Gasteiger partial charge in [0.05, 0.1) is 29.4 Å². The first kappa shape index (κ1) is 35.9. The van der Waals surface area contributed by atoms with Gasteiger partial charge in [-0.05, 0) is 50.5 Å². The summed E-state index contributed by atoms with van der Waals surface area (Å²) in [5, 5.41) is 1.12. The Morgan fingerprint density at radius 3 is 2.16 bits per heavy atom. The Morgan fingerprint density at radius 1 is 1.02 bits per heavy atom. The number of amides is 2. The molecule has 13 heteroatoms. The van der Waals surface area contributed by atoms with Gasteiger partial charge in [0.25, 0.3) is 5.91 Å². The molecule has 0 saturated carbocycles. The van der Waals surface area contributed by atoms with Crippen LogP contribution >= 0.6 is 34.8 Å². The van der Waals surface area contributed by atoms with E-state index in [1.807, 2.05) is 39.0 Å². The number of carbonyl (C=O) groups is 3. The molecule has 1 unspecified atom stereocenters. The number of para-hydroxylation sites is 1. The Bertz CT molecular complexity index is 1330. The smallest absolute Gasteiger partial charge is 0.329 e. The Hall–Kier alpha value is -3.31. The lowest BCUT2D eigenvalue weighted by Crippen LogP contribution is -2.46. The van der Waals surface area contributed by atoms with E-state index in [0.717, 1.165) is 23.2 Å². The minimum Gasteiger partial charge on any atom is -0.489 e. The minimum atomic E-state index is -0.706. The van der Waals surface area contributed by atoms with E-state index in [2.05, 4.69) is 4.98 Å². The maximum atomic E-state index is 12.3. The van der Waals surface area contributed by atoms with E-state index in [4.69, 9.17) is 49.0 Å². The summed E-state index contributed by atoms with van der Waals surface area (Å²) in [5.74, 6) is -0.371. The van der Waals surface area contributed by atoms with E-state index < -0.39 is 12.0 Å². The average Bonchev–Trinajstić information content (AvgIpc) is 3.50. The molecule has 1 heterocycles. The topological polar surface area (TPSA) is 103 Å². The summed E-state index contributed by atoms with van der Waals surface area (Å²) < 4.78 is 16.7. The highest BCUT2D eigenvalue weighted by atomic mass is 35.5. The number of esters is 1. The number of methoxy groups -OCH3 is 2. The van der Waals surface area contributed by atoms with Crippen LogP contribution in [0.3, 0.4) is 0 Å². The van der Waals surface area contributed by atoms with Gasteiger partial charge in [0.2, 0.25) is 0 Å². The van der Waals surface area contributed by atoms with Gasteiger partial charge in [-0.2, -0.15) is 0 Å². The van der Waals surface area contributed by atoms with E-state index in [-0.39, 0.29) is 25.2 Å². The maximum Gasteiger partial charge on any atom is 0.329 e. The normalized spacial score (nSPS) is 11.2. The molecule has 0 saturated heterocycles. The number of ether oxygens (including phenoxy) is 3. The summed E-state index contributed by atoms with van der Waals surface area (Å²) in [6.07, 6.45) is 5.48. The van der Waals surface area contributed by atoms with Crippen LogP contribution in [-0.2, 0) is 19.1 Å². The summed E-state index contributed by atoms with van der Waals surface area (Å²) in [6, 6.07) is 7.98. The summed E-state index contributed by atoms with van der Waals surface area (Å²) >= 11 is 18.0. The second-order valence-corrected chi connectivity index (χ2v) is 10.7. The number of hydrogen-bond donors (Lipinski definition) is 0. The van der Waals surface area contributed by atoms with Crippen molar-refractivity contribution in [2.75, 3.05) is 45.4 Å². The predicted molar refractivity (Wildman–Crippen MR) is 169 cm³/mol. The molecule has 2 aromatic carbocycles. The summed E-state index contributed by atoms with van der Waals surface area (Å²) in [7, 11) is 2.76. The number of carbonyl (C=O) groups excluding carboxylic acids is 3. The SMILES string of the molecule is CCCN(CCOc1c(Cl)cc(Cl)cc1Cl)C(=O)n1ccnc1.COCC(=O)N(c1c(C)cccc1C)C(C)C(=O)OC. The van der Waals surface area contributed by atoms with Gasteiger partial charge in [-0.15, -0.1) is 0 Å². The van der Waals surface area contributed by atoms with Crippen LogP contribution in [0.2, 0.25) is 15.1 Å². The summed E-state index contributed by atoms with van der Waals surface area (Å²) in [6.45, 7) is 8.64. The molecule has 1 atom stereocenters. The molecule has 0 aliphatic heterocycles. The lowest BCUT2D eigenvalue weighted by atomic mass is 10.1. The first-order valence-corrected chi connectivity index (χ1v) is 14.6. The highest BCUT2D eigenvalue weighted by Crippen LogP contribution is 2.35. The highest BCUT2D eigenvalue weighted by molar-refractivity contribution is 6.40. The number of nitrogens with zero attached hydrogens (tertiary/aromatic N) is 4. The molecule has 0 spiro atoms. The standard InChI is InChI=1S/C15H16Cl3N3O2.C15H21NO4/c1-2-4-20(15(22)21-5-3-19-10-21)6-7-23-14-12(17)8-11(16)9-13(14)18;1-10-7-6-8-11(2)14(10)16(13(17)9-19-4)12(3)15(18)20-5/h3,5,8-10H,2,4,6-7H2,1H3;6-8,12H,9H2,1-5H3. The fourth-order valence-electron chi connectivity index (χ4n) is 4.22. The summed E-state index contributed by atoms with van der Waals surface area (Å²) in [4.78, 5) is 43.5. The largest absolute Gasteiger partial charge is 0.489 e. The number of rotatable bonds is 11. The molecule has 0 radical (unpaired) electrons. The third-order valence-corrected chi connectivity index (χ3v) is 6.99. The van der Waals surface area contributed by atoms with Gasteiger partial charge in [-0.3, -0.25) is 14.3 Å². The molecule has 0 aliphatic rings. The van der Waals surface area contributed by atoms with Crippen LogP contribution in [0, 0.1) is 13.8 Å². The van der Waals surface area contributed by atoms with Gasteiger partial charge in [0.15, 0.2) is 5.75 Å². The molecular formula is C30H37Cl3N4O6. The van der Waals surface area contributed by atoms with E-state index in [1.54, 1.807) is 36.4 Å². The van der Waals surface area contributed by atoms with Crippen LogP contribution in [-0.4, -0.2) is 78.9 Å². The highest BCUT2D eigenvalue weighted by Gasteiger charge is 2.30. The van der Waals surface area contributed by atoms with Crippen molar-refractivity contribution >= 4 is 58.4 Å². The van der Waals surface area contributed by atoms with Crippen molar-refractivity contribution in [3.8, 4) is 5.75 Å². The van der Waals surface area contributed by atoms with E-state index in [1.165, 1.54) is 30.0 Å². The number of hydrogen-bond acceptors (Lipinski definition) is 7. The van der Waals surface area contributed by atoms with Crippen molar-refractivity contribution in [3.63, 3.8) is 0 Å². The number of anilines is 1. The molecule has 10 nitrogen and oxygen atoms in total. The van der Waals surface area contributed by atoms with E-state index in [9.17, 15) is 14.4 Å². The summed E-state index contributed by atoms with van der Waals surface area (Å²) in [5.41, 5.74) is 2.57. The second-order valence-electron chi connectivity index (χ2n) is 9.42. The van der Waals surface area contributed by atoms with Gasteiger partial charge in [0, 0.05) is 31.1 Å². The molecule has 3 rings (SSSR count). The third-order valence-electron chi connectivity index (χ3n) is 6.21. The molecule has 234 valence electrons. The van der Waals surface area contributed by atoms with Gasteiger partial charge in [-0.1, -0.05) is 59.9 Å². The van der Waals surface area contributed by atoms with Crippen LogP contribution in [0.1, 0.15) is 31.4 Å². The molecule has 0 aliphatic carbocycles. The zero-order valence-corrected chi connectivity index (χ0v) is 27.4. The lowest BCUT2D eigenvalue weighted by molar-refractivity contribution is -0.143. The fourth-order valence-corrected chi connectivity index (χ4v) is 5.15.